The van der Waals surface area contributed by atoms with Crippen molar-refractivity contribution >= 4 is 5.96 Å². The van der Waals surface area contributed by atoms with Gasteiger partial charge >= 0.3 is 0 Å². The van der Waals surface area contributed by atoms with Crippen LogP contribution in [0.3, 0.4) is 0 Å². The summed E-state index contributed by atoms with van der Waals surface area (Å²) in [6.45, 7) is 1.27. The van der Waals surface area contributed by atoms with Gasteiger partial charge in [0, 0.05) is 19.6 Å². The number of guanidine groups is 1. The number of aliphatic imine (C=N–C) groups is 1. The van der Waals surface area contributed by atoms with Crippen LogP contribution in [0.2, 0.25) is 0 Å². The van der Waals surface area contributed by atoms with Crippen LogP contribution in [0.4, 0.5) is 0 Å². The lowest BCUT2D eigenvalue weighted by Crippen LogP contribution is -2.42. The SMILES string of the molecule is CN=C(NCc1ccccc1COc1ccccc1)NC1CC=CC1. The van der Waals surface area contributed by atoms with Crippen LogP contribution in [0, 0.1) is 0 Å². The molecule has 0 unspecified atom stereocenters. The van der Waals surface area contributed by atoms with E-state index >= 15 is 0 Å². The van der Waals surface area contributed by atoms with Crippen LogP contribution >= 0.6 is 0 Å². The van der Waals surface area contributed by atoms with Crippen LogP contribution in [0.15, 0.2) is 71.7 Å². The number of benzene rings is 2. The molecule has 1 aliphatic carbocycles. The first-order valence-corrected chi connectivity index (χ1v) is 8.72. The summed E-state index contributed by atoms with van der Waals surface area (Å²) in [7, 11) is 1.81. The van der Waals surface area contributed by atoms with E-state index in [9.17, 15) is 0 Å². The van der Waals surface area contributed by atoms with Crippen molar-refractivity contribution in [1.29, 1.82) is 0 Å². The van der Waals surface area contributed by atoms with Gasteiger partial charge in [-0.2, -0.15) is 0 Å². The van der Waals surface area contributed by atoms with Gasteiger partial charge in [0.05, 0.1) is 0 Å². The van der Waals surface area contributed by atoms with Gasteiger partial charge < -0.3 is 15.4 Å². The van der Waals surface area contributed by atoms with Gasteiger partial charge in [0.15, 0.2) is 5.96 Å². The van der Waals surface area contributed by atoms with E-state index in [1.807, 2.05) is 43.4 Å². The number of nitrogens with one attached hydrogen (secondary N) is 2. The Kier molecular flexibility index (Phi) is 6.10. The molecule has 3 rings (SSSR count). The number of ether oxygens (including phenoxy) is 1. The van der Waals surface area contributed by atoms with E-state index in [0.29, 0.717) is 19.2 Å². The van der Waals surface area contributed by atoms with Crippen molar-refractivity contribution in [3.8, 4) is 5.75 Å². The van der Waals surface area contributed by atoms with E-state index in [0.717, 1.165) is 24.6 Å². The van der Waals surface area contributed by atoms with Crippen molar-refractivity contribution in [2.45, 2.75) is 32.0 Å². The second-order valence-electron chi connectivity index (χ2n) is 6.08. The molecule has 1 aliphatic rings. The van der Waals surface area contributed by atoms with Crippen molar-refractivity contribution in [3.05, 3.63) is 77.9 Å². The average molecular weight is 335 g/mol. The molecule has 0 bridgehead atoms. The maximum absolute atomic E-state index is 5.89. The third-order valence-corrected chi connectivity index (χ3v) is 4.27. The van der Waals surface area contributed by atoms with Crippen molar-refractivity contribution in [1.82, 2.24) is 10.6 Å². The monoisotopic (exact) mass is 335 g/mol. The first kappa shape index (κ1) is 17.1. The van der Waals surface area contributed by atoms with E-state index in [-0.39, 0.29) is 0 Å². The minimum Gasteiger partial charge on any atom is -0.489 e. The van der Waals surface area contributed by atoms with Gasteiger partial charge in [0.2, 0.25) is 0 Å². The summed E-state index contributed by atoms with van der Waals surface area (Å²) in [5.41, 5.74) is 2.39. The third-order valence-electron chi connectivity index (χ3n) is 4.27. The van der Waals surface area contributed by atoms with Gasteiger partial charge in [-0.05, 0) is 36.1 Å². The van der Waals surface area contributed by atoms with Crippen LogP contribution in [-0.4, -0.2) is 19.0 Å². The lowest BCUT2D eigenvalue weighted by Gasteiger charge is -2.18. The smallest absolute Gasteiger partial charge is 0.191 e. The predicted octanol–water partition coefficient (Wildman–Crippen LogP) is 3.65. The standard InChI is InChI=1S/C21H25N3O/c1-22-21(24-19-11-7-8-12-19)23-15-17-9-5-6-10-18(17)16-25-20-13-3-2-4-14-20/h2-10,13-14,19H,11-12,15-16H2,1H3,(H2,22,23,24). The van der Waals surface area contributed by atoms with E-state index < -0.39 is 0 Å². The normalized spacial score (nSPS) is 14.5. The Morgan fingerprint density at radius 3 is 2.40 bits per heavy atom. The Labute approximate surface area is 149 Å². The average Bonchev–Trinajstić information content (AvgIpc) is 3.18. The Morgan fingerprint density at radius 1 is 1.00 bits per heavy atom. The van der Waals surface area contributed by atoms with E-state index in [1.165, 1.54) is 11.1 Å². The summed E-state index contributed by atoms with van der Waals surface area (Å²) in [5.74, 6) is 1.73. The first-order chi connectivity index (χ1) is 12.3. The van der Waals surface area contributed by atoms with Gasteiger partial charge in [0.25, 0.3) is 0 Å². The number of nitrogens with zero attached hydrogens (tertiary/aromatic N) is 1. The Bertz CT molecular complexity index is 717. The molecule has 0 amide bonds. The Morgan fingerprint density at radius 2 is 1.68 bits per heavy atom. The van der Waals surface area contributed by atoms with E-state index in [1.54, 1.807) is 0 Å². The number of para-hydroxylation sites is 1. The minimum atomic E-state index is 0.447. The van der Waals surface area contributed by atoms with Crippen LogP contribution in [0.25, 0.3) is 0 Å². The van der Waals surface area contributed by atoms with Gasteiger partial charge in [-0.25, -0.2) is 0 Å². The molecule has 4 heteroatoms. The first-order valence-electron chi connectivity index (χ1n) is 8.72. The molecule has 0 saturated carbocycles. The summed E-state index contributed by atoms with van der Waals surface area (Å²) in [6.07, 6.45) is 6.53. The van der Waals surface area contributed by atoms with E-state index in [2.05, 4.69) is 46.0 Å². The molecule has 0 atom stereocenters. The molecule has 4 nitrogen and oxygen atoms in total. The molecule has 2 aromatic carbocycles. The Hall–Kier alpha value is -2.75. The third kappa shape index (κ3) is 5.11. The quantitative estimate of drug-likeness (QED) is 0.481. The van der Waals surface area contributed by atoms with Crippen LogP contribution < -0.4 is 15.4 Å². The highest BCUT2D eigenvalue weighted by molar-refractivity contribution is 5.80. The molecule has 2 N–H and O–H groups in total. The fourth-order valence-corrected chi connectivity index (χ4v) is 2.85. The van der Waals surface area contributed by atoms with Gasteiger partial charge in [-0.3, -0.25) is 4.99 Å². The molecule has 130 valence electrons. The summed E-state index contributed by atoms with van der Waals surface area (Å²) in [4.78, 5) is 4.33. The molecular formula is C21H25N3O. The molecule has 0 heterocycles. The lowest BCUT2D eigenvalue weighted by atomic mass is 10.1. The van der Waals surface area contributed by atoms with Gasteiger partial charge in [0.1, 0.15) is 12.4 Å². The molecule has 0 saturated heterocycles. The number of hydrogen-bond acceptors (Lipinski definition) is 2. The molecule has 0 radical (unpaired) electrons. The van der Waals surface area contributed by atoms with Crippen molar-refractivity contribution < 1.29 is 4.74 Å². The van der Waals surface area contributed by atoms with Gasteiger partial charge in [-0.15, -0.1) is 0 Å². The summed E-state index contributed by atoms with van der Waals surface area (Å²) < 4.78 is 5.89. The van der Waals surface area contributed by atoms with Gasteiger partial charge in [-0.1, -0.05) is 54.6 Å². The fourth-order valence-electron chi connectivity index (χ4n) is 2.85. The Balaban J connectivity index is 1.56. The second kappa shape index (κ2) is 8.92. The highest BCUT2D eigenvalue weighted by atomic mass is 16.5. The highest BCUT2D eigenvalue weighted by Crippen LogP contribution is 2.15. The zero-order valence-corrected chi connectivity index (χ0v) is 14.6. The summed E-state index contributed by atoms with van der Waals surface area (Å²) in [5, 5.41) is 6.87. The highest BCUT2D eigenvalue weighted by Gasteiger charge is 2.12. The molecule has 0 spiro atoms. The van der Waals surface area contributed by atoms with Crippen LogP contribution in [0.1, 0.15) is 24.0 Å². The summed E-state index contributed by atoms with van der Waals surface area (Å²) >= 11 is 0. The zero-order valence-electron chi connectivity index (χ0n) is 14.6. The largest absolute Gasteiger partial charge is 0.489 e. The molecular weight excluding hydrogens is 310 g/mol. The predicted molar refractivity (Wildman–Crippen MR) is 103 cm³/mol. The topological polar surface area (TPSA) is 45.7 Å². The summed E-state index contributed by atoms with van der Waals surface area (Å²) in [6, 6.07) is 18.7. The maximum Gasteiger partial charge on any atom is 0.191 e. The van der Waals surface area contributed by atoms with Crippen LogP contribution in [-0.2, 0) is 13.2 Å². The number of rotatable bonds is 6. The number of hydrogen-bond donors (Lipinski definition) is 2. The lowest BCUT2D eigenvalue weighted by molar-refractivity contribution is 0.305. The maximum atomic E-state index is 5.89. The molecule has 0 aromatic heterocycles. The molecule has 25 heavy (non-hydrogen) atoms. The van der Waals surface area contributed by atoms with Crippen molar-refractivity contribution in [2.75, 3.05) is 7.05 Å². The zero-order chi connectivity index (χ0) is 17.3. The van der Waals surface area contributed by atoms with Crippen molar-refractivity contribution in [3.63, 3.8) is 0 Å². The second-order valence-corrected chi connectivity index (χ2v) is 6.08. The van der Waals surface area contributed by atoms with Crippen LogP contribution in [0.5, 0.6) is 5.75 Å². The molecule has 0 fully saturated rings. The van der Waals surface area contributed by atoms with Crippen molar-refractivity contribution in [2.24, 2.45) is 4.99 Å². The molecule has 0 aliphatic heterocycles. The minimum absolute atomic E-state index is 0.447. The molecule has 2 aromatic rings. The van der Waals surface area contributed by atoms with E-state index in [4.69, 9.17) is 4.74 Å². The fraction of sp³-hybridized carbons (Fsp3) is 0.286.